The molecule has 12 heteroatoms. The molecule has 3 aliphatic rings. The Balaban J connectivity index is 1.27. The quantitative estimate of drug-likeness (QED) is 0.0955. The number of amides is 1. The average molecular weight is 721 g/mol. The van der Waals surface area contributed by atoms with Crippen LogP contribution < -0.4 is 19.1 Å². The van der Waals surface area contributed by atoms with E-state index in [1.54, 1.807) is 54.3 Å². The second-order valence-corrected chi connectivity index (χ2v) is 13.6. The minimum absolute atomic E-state index is 0.00867. The highest BCUT2D eigenvalue weighted by Gasteiger charge is 2.40. The summed E-state index contributed by atoms with van der Waals surface area (Å²) in [7, 11) is 3.01. The van der Waals surface area contributed by atoms with E-state index in [9.17, 15) is 14.8 Å². The van der Waals surface area contributed by atoms with Crippen LogP contribution >= 0.6 is 23.2 Å². The third kappa shape index (κ3) is 7.19. The summed E-state index contributed by atoms with van der Waals surface area (Å²) in [6, 6.07) is 19.6. The molecule has 4 heterocycles. The summed E-state index contributed by atoms with van der Waals surface area (Å²) in [6.07, 6.45) is 3.82. The molecular formula is C38H39Cl2N3O7. The molecule has 0 aliphatic carbocycles. The van der Waals surface area contributed by atoms with Crippen LogP contribution in [-0.4, -0.2) is 56.9 Å². The fourth-order valence-electron chi connectivity index (χ4n) is 6.87. The number of anilines is 1. The molecule has 2 bridgehead atoms. The fourth-order valence-corrected chi connectivity index (χ4v) is 7.68. The second kappa shape index (κ2) is 14.8. The van der Waals surface area contributed by atoms with E-state index in [1.807, 2.05) is 31.2 Å². The van der Waals surface area contributed by atoms with Crippen LogP contribution in [0.2, 0.25) is 10.0 Å². The molecule has 50 heavy (non-hydrogen) atoms. The molecule has 3 fully saturated rings. The third-order valence-electron chi connectivity index (χ3n) is 9.67. The molecule has 1 aromatic heterocycles. The van der Waals surface area contributed by atoms with E-state index in [0.29, 0.717) is 27.7 Å². The van der Waals surface area contributed by atoms with E-state index in [0.717, 1.165) is 61.7 Å². The lowest BCUT2D eigenvalue weighted by molar-refractivity contribution is -0.605. The summed E-state index contributed by atoms with van der Waals surface area (Å²) in [5.41, 5.74) is 1.87. The van der Waals surface area contributed by atoms with Crippen LogP contribution in [0.4, 0.5) is 10.5 Å². The number of methoxy groups -OCH3 is 2. The minimum Gasteiger partial charge on any atom is -0.619 e. The van der Waals surface area contributed by atoms with Gasteiger partial charge in [-0.15, -0.1) is 0 Å². The van der Waals surface area contributed by atoms with Gasteiger partial charge in [0.1, 0.15) is 16.1 Å². The Labute approximate surface area is 301 Å². The molecule has 0 saturated carbocycles. The molecule has 0 spiro atoms. The zero-order valence-electron chi connectivity index (χ0n) is 28.4. The Hall–Kier alpha value is -4.51. The van der Waals surface area contributed by atoms with Gasteiger partial charge in [-0.2, -0.15) is 4.73 Å². The van der Waals surface area contributed by atoms with Crippen LogP contribution in [-0.2, 0) is 21.6 Å². The van der Waals surface area contributed by atoms with Crippen molar-refractivity contribution >= 4 is 41.0 Å². The fraction of sp³-hybridized carbons (Fsp3) is 0.342. The maximum atomic E-state index is 13.8. The van der Waals surface area contributed by atoms with Gasteiger partial charge in [0, 0.05) is 17.7 Å². The predicted molar refractivity (Wildman–Crippen MR) is 190 cm³/mol. The molecule has 1 amide bonds. The Kier molecular flexibility index (Phi) is 10.4. The summed E-state index contributed by atoms with van der Waals surface area (Å²) in [5.74, 6) is 0.566. The Morgan fingerprint density at radius 2 is 1.62 bits per heavy atom. The third-order valence-corrected chi connectivity index (χ3v) is 10.2. The number of nitrogens with zero attached hydrogens (tertiary/aromatic N) is 3. The number of hydrogen-bond acceptors (Lipinski definition) is 8. The zero-order chi connectivity index (χ0) is 35.6. The number of esters is 1. The summed E-state index contributed by atoms with van der Waals surface area (Å²) >= 11 is 13.1. The van der Waals surface area contributed by atoms with Crippen LogP contribution in [0.15, 0.2) is 79.1 Å². The lowest BCUT2D eigenvalue weighted by atomic mass is 9.86. The zero-order valence-corrected chi connectivity index (χ0v) is 29.9. The van der Waals surface area contributed by atoms with E-state index in [4.69, 9.17) is 42.1 Å². The van der Waals surface area contributed by atoms with Gasteiger partial charge < -0.3 is 24.2 Å². The van der Waals surface area contributed by atoms with Crippen LogP contribution in [0, 0.1) is 18.0 Å². The molecule has 0 radical (unpaired) electrons. The number of aromatic nitrogens is 1. The number of fused-ring (bicyclic) bond motifs is 3. The van der Waals surface area contributed by atoms with Crippen LogP contribution in [0.25, 0.3) is 0 Å². The van der Waals surface area contributed by atoms with Crippen molar-refractivity contribution in [2.45, 2.75) is 44.9 Å². The van der Waals surface area contributed by atoms with E-state index in [-0.39, 0.29) is 33.8 Å². The van der Waals surface area contributed by atoms with Gasteiger partial charge in [-0.25, -0.2) is 9.59 Å². The van der Waals surface area contributed by atoms with Crippen molar-refractivity contribution in [2.24, 2.45) is 5.92 Å². The number of aryl methyl sites for hydroxylation is 1. The van der Waals surface area contributed by atoms with Gasteiger partial charge in [-0.1, -0.05) is 59.6 Å². The first-order valence-electron chi connectivity index (χ1n) is 16.4. The molecule has 3 aromatic carbocycles. The molecule has 3 aliphatic heterocycles. The highest BCUT2D eigenvalue weighted by molar-refractivity contribution is 6.35. The van der Waals surface area contributed by atoms with E-state index < -0.39 is 17.7 Å². The van der Waals surface area contributed by atoms with Gasteiger partial charge in [0.2, 0.25) is 0 Å². The van der Waals surface area contributed by atoms with E-state index in [1.165, 1.54) is 14.2 Å². The van der Waals surface area contributed by atoms with E-state index >= 15 is 0 Å². The van der Waals surface area contributed by atoms with Crippen molar-refractivity contribution in [3.63, 3.8) is 0 Å². The first kappa shape index (κ1) is 35.3. The normalized spacial score (nSPS) is 19.3. The summed E-state index contributed by atoms with van der Waals surface area (Å²) < 4.78 is 23.7. The molecule has 3 saturated heterocycles. The van der Waals surface area contributed by atoms with Crippen molar-refractivity contribution in [3.05, 3.63) is 122 Å². The number of rotatable bonds is 10. The van der Waals surface area contributed by atoms with Crippen molar-refractivity contribution in [1.82, 2.24) is 4.90 Å². The smallest absolute Gasteiger partial charge is 0.414 e. The monoisotopic (exact) mass is 719 g/mol. The van der Waals surface area contributed by atoms with Gasteiger partial charge in [-0.3, -0.25) is 9.80 Å². The SMILES string of the molecule is COc1ccc(C(C)(OC(=O)c2ccc(CN(C(=O)O[C@H]3CN4CCC3CC4)c3ccccc3C)cc2)c2c(Cl)c[n+]([O-])cc2Cl)cc1OC. The molecule has 1 unspecified atom stereocenters. The highest BCUT2D eigenvalue weighted by atomic mass is 35.5. The second-order valence-electron chi connectivity index (χ2n) is 12.8. The average Bonchev–Trinajstić information content (AvgIpc) is 3.11. The lowest BCUT2D eigenvalue weighted by Gasteiger charge is -2.44. The molecular weight excluding hydrogens is 681 g/mol. The number of pyridine rings is 1. The van der Waals surface area contributed by atoms with Crippen LogP contribution in [0.5, 0.6) is 11.5 Å². The lowest BCUT2D eigenvalue weighted by Crippen LogP contribution is -2.53. The van der Waals surface area contributed by atoms with Crippen LogP contribution in [0.3, 0.4) is 0 Å². The van der Waals surface area contributed by atoms with Gasteiger partial charge in [0.15, 0.2) is 29.5 Å². The molecule has 7 rings (SSSR count). The van der Waals surface area contributed by atoms with Crippen molar-refractivity contribution in [1.29, 1.82) is 0 Å². The predicted octanol–water partition coefficient (Wildman–Crippen LogP) is 7.31. The number of piperidine rings is 3. The number of carbonyl (C=O) groups is 2. The standard InChI is InChI=1S/C38H39Cl2N3O7/c1-24-7-5-6-8-31(24)43(37(45)49-34-23-41-17-15-26(34)16-18-41)20-25-9-11-27(12-10-25)36(44)50-38(2,35-29(39)21-42(46)22-30(35)40)28-13-14-32(47-3)33(19-28)48-4/h5-14,19,21-22,26,34H,15-18,20,23H2,1-4H3/t34-,38?/m0/s1. The van der Waals surface area contributed by atoms with Gasteiger partial charge in [0.25, 0.3) is 0 Å². The summed E-state index contributed by atoms with van der Waals surface area (Å²) in [5, 5.41) is 12.1. The van der Waals surface area contributed by atoms with Crippen molar-refractivity contribution in [3.8, 4) is 11.5 Å². The number of ether oxygens (including phenoxy) is 4. The number of carbonyl (C=O) groups excluding carboxylic acids is 2. The van der Waals surface area contributed by atoms with Gasteiger partial charge in [-0.05, 0) is 87.2 Å². The first-order chi connectivity index (χ1) is 24.0. The first-order valence-corrected chi connectivity index (χ1v) is 17.2. The number of hydrogen-bond donors (Lipinski definition) is 0. The molecule has 10 nitrogen and oxygen atoms in total. The highest BCUT2D eigenvalue weighted by Crippen LogP contribution is 2.44. The Bertz CT molecular complexity index is 1860. The number of benzene rings is 3. The largest absolute Gasteiger partial charge is 0.619 e. The Morgan fingerprint density at radius 1 is 0.960 bits per heavy atom. The molecule has 2 atom stereocenters. The topological polar surface area (TPSA) is 104 Å². The Morgan fingerprint density at radius 3 is 2.22 bits per heavy atom. The maximum Gasteiger partial charge on any atom is 0.414 e. The van der Waals surface area contributed by atoms with Gasteiger partial charge >= 0.3 is 12.1 Å². The maximum absolute atomic E-state index is 13.8. The number of para-hydroxylation sites is 1. The number of halogens is 2. The summed E-state index contributed by atoms with van der Waals surface area (Å²) in [6.45, 7) is 6.69. The van der Waals surface area contributed by atoms with E-state index in [2.05, 4.69) is 4.90 Å². The van der Waals surface area contributed by atoms with Crippen molar-refractivity contribution < 1.29 is 33.3 Å². The minimum atomic E-state index is -1.56. The van der Waals surface area contributed by atoms with Crippen molar-refractivity contribution in [2.75, 3.05) is 38.8 Å². The molecule has 262 valence electrons. The molecule has 0 N–H and O–H groups in total. The summed E-state index contributed by atoms with van der Waals surface area (Å²) in [4.78, 5) is 31.6. The molecule has 4 aromatic rings. The van der Waals surface area contributed by atoms with Crippen LogP contribution in [0.1, 0.15) is 52.4 Å². The van der Waals surface area contributed by atoms with Gasteiger partial charge in [0.05, 0.1) is 32.0 Å².